The van der Waals surface area contributed by atoms with Gasteiger partial charge in [0.15, 0.2) is 5.96 Å². The van der Waals surface area contributed by atoms with E-state index in [2.05, 4.69) is 20.5 Å². The molecule has 2 fully saturated rings. The molecule has 1 saturated carbocycles. The third-order valence-corrected chi connectivity index (χ3v) is 3.70. The summed E-state index contributed by atoms with van der Waals surface area (Å²) < 4.78 is 5.31. The maximum atomic E-state index is 11.4. The van der Waals surface area contributed by atoms with E-state index in [-0.39, 0.29) is 35.8 Å². The zero-order valence-corrected chi connectivity index (χ0v) is 15.4. The number of amides is 1. The van der Waals surface area contributed by atoms with E-state index in [1.807, 2.05) is 0 Å². The highest BCUT2D eigenvalue weighted by molar-refractivity contribution is 14.0. The molecule has 1 heterocycles. The highest BCUT2D eigenvalue weighted by atomic mass is 127. The van der Waals surface area contributed by atoms with Crippen LogP contribution < -0.4 is 16.4 Å². The van der Waals surface area contributed by atoms with Gasteiger partial charge in [-0.3, -0.25) is 14.7 Å². The zero-order valence-electron chi connectivity index (χ0n) is 13.1. The molecule has 1 amide bonds. The van der Waals surface area contributed by atoms with Gasteiger partial charge in [-0.15, -0.1) is 24.0 Å². The quantitative estimate of drug-likeness (QED) is 0.216. The number of aliphatic imine (C=N–C) groups is 1. The second-order valence-corrected chi connectivity index (χ2v) is 5.57. The maximum absolute atomic E-state index is 11.4. The van der Waals surface area contributed by atoms with E-state index in [0.29, 0.717) is 19.0 Å². The van der Waals surface area contributed by atoms with Gasteiger partial charge in [0.2, 0.25) is 5.91 Å². The number of morpholine rings is 1. The van der Waals surface area contributed by atoms with E-state index in [4.69, 9.17) is 10.5 Å². The fourth-order valence-corrected chi connectivity index (χ4v) is 2.24. The first-order valence-corrected chi connectivity index (χ1v) is 7.87. The summed E-state index contributed by atoms with van der Waals surface area (Å²) in [5.41, 5.74) is 5.77. The van der Waals surface area contributed by atoms with E-state index in [0.717, 1.165) is 58.7 Å². The largest absolute Gasteiger partial charge is 0.379 e. The number of guanidine groups is 1. The fraction of sp³-hybridized carbons (Fsp3) is 0.857. The summed E-state index contributed by atoms with van der Waals surface area (Å²) in [6, 6.07) is 0. The molecular formula is C14H28IN5O2. The number of ether oxygens (including phenoxy) is 1. The number of carbonyl (C=O) groups is 1. The van der Waals surface area contributed by atoms with E-state index in [1.54, 1.807) is 0 Å². The first kappa shape index (κ1) is 19.4. The molecule has 7 nitrogen and oxygen atoms in total. The Bertz CT molecular complexity index is 357. The molecule has 0 spiro atoms. The lowest BCUT2D eigenvalue weighted by Crippen LogP contribution is -2.39. The van der Waals surface area contributed by atoms with Gasteiger partial charge in [-0.1, -0.05) is 0 Å². The Kier molecular flexibility index (Phi) is 9.73. The van der Waals surface area contributed by atoms with Crippen molar-refractivity contribution >= 4 is 35.8 Å². The van der Waals surface area contributed by atoms with Crippen LogP contribution in [-0.4, -0.2) is 69.2 Å². The molecule has 2 aliphatic rings. The third-order valence-electron chi connectivity index (χ3n) is 3.70. The Labute approximate surface area is 149 Å². The molecule has 2 rings (SSSR count). The lowest BCUT2D eigenvalue weighted by atomic mass is 10.3. The molecule has 0 aromatic heterocycles. The van der Waals surface area contributed by atoms with Gasteiger partial charge >= 0.3 is 0 Å². The van der Waals surface area contributed by atoms with Gasteiger partial charge in [-0.2, -0.15) is 0 Å². The molecule has 0 atom stereocenters. The number of halogens is 1. The Balaban J connectivity index is 0.00000242. The SMILES string of the molecule is I.NC(=NCCCN1CCOCC1)NCCNC(=O)C1CC1. The zero-order chi connectivity index (χ0) is 14.9. The van der Waals surface area contributed by atoms with Crippen molar-refractivity contribution in [2.75, 3.05) is 52.5 Å². The Morgan fingerprint density at radius 1 is 1.23 bits per heavy atom. The van der Waals surface area contributed by atoms with Crippen LogP contribution in [0.15, 0.2) is 4.99 Å². The van der Waals surface area contributed by atoms with Crippen LogP contribution >= 0.6 is 24.0 Å². The Morgan fingerprint density at radius 2 is 1.91 bits per heavy atom. The van der Waals surface area contributed by atoms with Gasteiger partial charge in [-0.25, -0.2) is 0 Å². The lowest BCUT2D eigenvalue weighted by molar-refractivity contribution is -0.122. The van der Waals surface area contributed by atoms with Crippen molar-refractivity contribution in [1.82, 2.24) is 15.5 Å². The number of nitrogens with zero attached hydrogens (tertiary/aromatic N) is 2. The summed E-state index contributed by atoms with van der Waals surface area (Å²) in [5, 5.41) is 5.89. The number of carbonyl (C=O) groups excluding carboxylic acids is 1. The first-order valence-electron chi connectivity index (χ1n) is 7.87. The topological polar surface area (TPSA) is 92.0 Å². The van der Waals surface area contributed by atoms with Crippen molar-refractivity contribution in [3.63, 3.8) is 0 Å². The molecule has 0 aromatic carbocycles. The van der Waals surface area contributed by atoms with E-state index >= 15 is 0 Å². The van der Waals surface area contributed by atoms with Gasteiger partial charge in [0.1, 0.15) is 0 Å². The summed E-state index contributed by atoms with van der Waals surface area (Å²) in [7, 11) is 0. The highest BCUT2D eigenvalue weighted by Crippen LogP contribution is 2.28. The van der Waals surface area contributed by atoms with Crippen LogP contribution in [0.4, 0.5) is 0 Å². The second-order valence-electron chi connectivity index (χ2n) is 5.57. The molecule has 1 saturated heterocycles. The normalized spacial score (nSPS) is 19.4. The van der Waals surface area contributed by atoms with Crippen LogP contribution in [0.5, 0.6) is 0 Å². The first-order chi connectivity index (χ1) is 10.3. The van der Waals surface area contributed by atoms with Crippen molar-refractivity contribution in [1.29, 1.82) is 0 Å². The van der Waals surface area contributed by atoms with E-state index < -0.39 is 0 Å². The molecule has 128 valence electrons. The van der Waals surface area contributed by atoms with Crippen molar-refractivity contribution in [2.24, 2.45) is 16.6 Å². The van der Waals surface area contributed by atoms with Crippen LogP contribution in [0.3, 0.4) is 0 Å². The molecule has 8 heteroatoms. The molecular weight excluding hydrogens is 397 g/mol. The minimum Gasteiger partial charge on any atom is -0.379 e. The standard InChI is InChI=1S/C14H27N5O2.HI/c15-14(18-6-5-16-13(20)12-2-3-12)17-4-1-7-19-8-10-21-11-9-19;/h12H,1-11H2,(H,16,20)(H3,15,17,18);1H. The van der Waals surface area contributed by atoms with Crippen LogP contribution in [0.2, 0.25) is 0 Å². The van der Waals surface area contributed by atoms with Crippen LogP contribution in [0.1, 0.15) is 19.3 Å². The van der Waals surface area contributed by atoms with Gasteiger partial charge in [0, 0.05) is 45.2 Å². The molecule has 4 N–H and O–H groups in total. The predicted molar refractivity (Wildman–Crippen MR) is 97.5 cm³/mol. The monoisotopic (exact) mass is 425 g/mol. The lowest BCUT2D eigenvalue weighted by Gasteiger charge is -2.26. The Hall–Kier alpha value is -0.610. The summed E-state index contributed by atoms with van der Waals surface area (Å²) in [4.78, 5) is 18.1. The second kappa shape index (κ2) is 11.0. The predicted octanol–water partition coefficient (Wildman–Crippen LogP) is -0.243. The minimum atomic E-state index is 0. The summed E-state index contributed by atoms with van der Waals surface area (Å²) in [5.74, 6) is 0.881. The smallest absolute Gasteiger partial charge is 0.223 e. The molecule has 0 unspecified atom stereocenters. The summed E-state index contributed by atoms with van der Waals surface area (Å²) >= 11 is 0. The van der Waals surface area contributed by atoms with E-state index in [1.165, 1.54) is 0 Å². The summed E-state index contributed by atoms with van der Waals surface area (Å²) in [6.07, 6.45) is 3.07. The van der Waals surface area contributed by atoms with Crippen molar-refractivity contribution in [2.45, 2.75) is 19.3 Å². The third kappa shape index (κ3) is 8.14. The van der Waals surface area contributed by atoms with E-state index in [9.17, 15) is 4.79 Å². The average molecular weight is 425 g/mol. The minimum absolute atomic E-state index is 0. The van der Waals surface area contributed by atoms with Gasteiger partial charge in [-0.05, 0) is 19.3 Å². The fourth-order valence-electron chi connectivity index (χ4n) is 2.24. The molecule has 22 heavy (non-hydrogen) atoms. The highest BCUT2D eigenvalue weighted by Gasteiger charge is 2.28. The molecule has 0 bridgehead atoms. The van der Waals surface area contributed by atoms with Crippen molar-refractivity contribution in [3.8, 4) is 0 Å². The maximum Gasteiger partial charge on any atom is 0.223 e. The van der Waals surface area contributed by atoms with Gasteiger partial charge < -0.3 is 21.1 Å². The number of nitrogens with two attached hydrogens (primary N) is 1. The molecule has 0 radical (unpaired) electrons. The van der Waals surface area contributed by atoms with Crippen LogP contribution in [0, 0.1) is 5.92 Å². The molecule has 1 aliphatic carbocycles. The van der Waals surface area contributed by atoms with Crippen LogP contribution in [0.25, 0.3) is 0 Å². The molecule has 0 aromatic rings. The van der Waals surface area contributed by atoms with Crippen LogP contribution in [-0.2, 0) is 9.53 Å². The molecule has 1 aliphatic heterocycles. The average Bonchev–Trinajstić information content (AvgIpc) is 3.34. The number of hydrogen-bond donors (Lipinski definition) is 3. The van der Waals surface area contributed by atoms with Gasteiger partial charge in [0.25, 0.3) is 0 Å². The number of rotatable bonds is 8. The van der Waals surface area contributed by atoms with Gasteiger partial charge in [0.05, 0.1) is 13.2 Å². The number of nitrogens with one attached hydrogen (secondary N) is 2. The number of hydrogen-bond acceptors (Lipinski definition) is 4. The van der Waals surface area contributed by atoms with Crippen molar-refractivity contribution in [3.05, 3.63) is 0 Å². The van der Waals surface area contributed by atoms with Crippen molar-refractivity contribution < 1.29 is 9.53 Å². The Morgan fingerprint density at radius 3 is 2.59 bits per heavy atom. The summed E-state index contributed by atoms with van der Waals surface area (Å²) in [6.45, 7) is 6.67.